The summed E-state index contributed by atoms with van der Waals surface area (Å²) in [7, 11) is 1.50. The van der Waals surface area contributed by atoms with Crippen LogP contribution in [-0.4, -0.2) is 23.0 Å². The van der Waals surface area contributed by atoms with Gasteiger partial charge in [-0.2, -0.15) is 0 Å². The molecule has 0 aliphatic rings. The van der Waals surface area contributed by atoms with Gasteiger partial charge in [0.25, 0.3) is 0 Å². The minimum absolute atomic E-state index is 0.102. The van der Waals surface area contributed by atoms with E-state index in [9.17, 15) is 9.90 Å². The standard InChI is InChI=1S/C15H13NO3/c1-19-12-6-7-13(15(18)10-12)14(17)8-5-11-4-2-3-9-16-11/h2-10,18H,1H3/b8-5+. The third-order valence-electron chi connectivity index (χ3n) is 2.56. The number of hydrogen-bond acceptors (Lipinski definition) is 4. The van der Waals surface area contributed by atoms with Crippen LogP contribution in [0.2, 0.25) is 0 Å². The highest BCUT2D eigenvalue weighted by molar-refractivity contribution is 6.08. The second kappa shape index (κ2) is 5.82. The Morgan fingerprint density at radius 1 is 1.32 bits per heavy atom. The molecule has 0 aliphatic heterocycles. The molecule has 0 spiro atoms. The molecule has 1 aromatic carbocycles. The zero-order valence-corrected chi connectivity index (χ0v) is 10.4. The topological polar surface area (TPSA) is 59.4 Å². The Balaban J connectivity index is 2.19. The monoisotopic (exact) mass is 255 g/mol. The Hall–Kier alpha value is -2.62. The number of hydrogen-bond donors (Lipinski definition) is 1. The van der Waals surface area contributed by atoms with Gasteiger partial charge in [-0.3, -0.25) is 9.78 Å². The number of nitrogens with zero attached hydrogens (tertiary/aromatic N) is 1. The number of phenolic OH excluding ortho intramolecular Hbond substituents is 1. The molecule has 2 rings (SSSR count). The molecule has 1 heterocycles. The zero-order valence-electron chi connectivity index (χ0n) is 10.4. The molecule has 0 saturated heterocycles. The number of pyridine rings is 1. The maximum Gasteiger partial charge on any atom is 0.189 e. The van der Waals surface area contributed by atoms with Crippen LogP contribution in [0.5, 0.6) is 11.5 Å². The van der Waals surface area contributed by atoms with Gasteiger partial charge in [0.1, 0.15) is 11.5 Å². The van der Waals surface area contributed by atoms with E-state index < -0.39 is 0 Å². The summed E-state index contributed by atoms with van der Waals surface area (Å²) in [6, 6.07) is 9.98. The SMILES string of the molecule is COc1ccc(C(=O)/C=C/c2ccccn2)c(O)c1. The molecule has 0 saturated carbocycles. The predicted molar refractivity (Wildman–Crippen MR) is 72.3 cm³/mol. The van der Waals surface area contributed by atoms with E-state index in [1.807, 2.05) is 6.07 Å². The lowest BCUT2D eigenvalue weighted by atomic mass is 10.1. The van der Waals surface area contributed by atoms with E-state index in [1.54, 1.807) is 30.5 Å². The van der Waals surface area contributed by atoms with Crippen molar-refractivity contribution in [3.05, 3.63) is 59.9 Å². The molecule has 0 unspecified atom stereocenters. The number of carbonyl (C=O) groups is 1. The van der Waals surface area contributed by atoms with E-state index in [1.165, 1.54) is 25.3 Å². The van der Waals surface area contributed by atoms with Gasteiger partial charge >= 0.3 is 0 Å². The first-order valence-electron chi connectivity index (χ1n) is 5.71. The van der Waals surface area contributed by atoms with Crippen LogP contribution >= 0.6 is 0 Å². The highest BCUT2D eigenvalue weighted by Crippen LogP contribution is 2.24. The summed E-state index contributed by atoms with van der Waals surface area (Å²) in [5, 5.41) is 9.74. The maximum atomic E-state index is 11.9. The van der Waals surface area contributed by atoms with Crippen molar-refractivity contribution < 1.29 is 14.6 Å². The van der Waals surface area contributed by atoms with E-state index in [0.717, 1.165) is 0 Å². The Kier molecular flexibility index (Phi) is 3.93. The molecule has 0 aliphatic carbocycles. The van der Waals surface area contributed by atoms with Crippen molar-refractivity contribution in [1.82, 2.24) is 4.98 Å². The zero-order chi connectivity index (χ0) is 13.7. The highest BCUT2D eigenvalue weighted by Gasteiger charge is 2.09. The van der Waals surface area contributed by atoms with Gasteiger partial charge in [-0.25, -0.2) is 0 Å². The van der Waals surface area contributed by atoms with Crippen molar-refractivity contribution in [2.24, 2.45) is 0 Å². The third-order valence-corrected chi connectivity index (χ3v) is 2.56. The van der Waals surface area contributed by atoms with E-state index in [0.29, 0.717) is 11.4 Å². The lowest BCUT2D eigenvalue weighted by molar-refractivity contribution is 0.104. The minimum atomic E-state index is -0.286. The van der Waals surface area contributed by atoms with Crippen molar-refractivity contribution >= 4 is 11.9 Å². The molecular formula is C15H13NO3. The second-order valence-corrected chi connectivity index (χ2v) is 3.84. The first-order chi connectivity index (χ1) is 9.20. The van der Waals surface area contributed by atoms with E-state index in [2.05, 4.69) is 4.98 Å². The predicted octanol–water partition coefficient (Wildman–Crippen LogP) is 2.69. The largest absolute Gasteiger partial charge is 0.507 e. The molecule has 1 N–H and O–H groups in total. The number of allylic oxidation sites excluding steroid dienone is 1. The van der Waals surface area contributed by atoms with Gasteiger partial charge < -0.3 is 9.84 Å². The van der Waals surface area contributed by atoms with E-state index in [-0.39, 0.29) is 17.1 Å². The third kappa shape index (κ3) is 3.19. The van der Waals surface area contributed by atoms with Crippen molar-refractivity contribution in [3.8, 4) is 11.5 Å². The van der Waals surface area contributed by atoms with Crippen LogP contribution < -0.4 is 4.74 Å². The quantitative estimate of drug-likeness (QED) is 0.674. The summed E-state index contributed by atoms with van der Waals surface area (Å²) in [4.78, 5) is 16.0. The Labute approximate surface area is 111 Å². The smallest absolute Gasteiger partial charge is 0.189 e. The van der Waals surface area contributed by atoms with Gasteiger partial charge in [0.15, 0.2) is 5.78 Å². The van der Waals surface area contributed by atoms with Gasteiger partial charge in [0, 0.05) is 12.3 Å². The average Bonchev–Trinajstić information content (AvgIpc) is 2.45. The average molecular weight is 255 g/mol. The first-order valence-corrected chi connectivity index (χ1v) is 5.71. The van der Waals surface area contributed by atoms with Crippen molar-refractivity contribution in [1.29, 1.82) is 0 Å². The molecule has 4 nitrogen and oxygen atoms in total. The van der Waals surface area contributed by atoms with Gasteiger partial charge in [0.2, 0.25) is 0 Å². The summed E-state index contributed by atoms with van der Waals surface area (Å²) in [6.45, 7) is 0. The van der Waals surface area contributed by atoms with Crippen LogP contribution in [-0.2, 0) is 0 Å². The van der Waals surface area contributed by atoms with Crippen LogP contribution in [0.4, 0.5) is 0 Å². The maximum absolute atomic E-state index is 11.9. The van der Waals surface area contributed by atoms with E-state index in [4.69, 9.17) is 4.74 Å². The van der Waals surface area contributed by atoms with Crippen LogP contribution in [0.3, 0.4) is 0 Å². The number of carbonyl (C=O) groups excluding carboxylic acids is 1. The number of ether oxygens (including phenoxy) is 1. The fourth-order valence-corrected chi connectivity index (χ4v) is 1.57. The summed E-state index contributed by atoms with van der Waals surface area (Å²) in [5.41, 5.74) is 0.914. The number of benzene rings is 1. The molecule has 19 heavy (non-hydrogen) atoms. The van der Waals surface area contributed by atoms with Gasteiger partial charge in [-0.15, -0.1) is 0 Å². The highest BCUT2D eigenvalue weighted by atomic mass is 16.5. The normalized spacial score (nSPS) is 10.6. The lowest BCUT2D eigenvalue weighted by Gasteiger charge is -2.03. The molecule has 0 amide bonds. The molecule has 2 aromatic rings. The fourth-order valence-electron chi connectivity index (χ4n) is 1.57. The van der Waals surface area contributed by atoms with Crippen molar-refractivity contribution in [2.75, 3.05) is 7.11 Å². The van der Waals surface area contributed by atoms with Gasteiger partial charge in [0.05, 0.1) is 18.4 Å². The van der Waals surface area contributed by atoms with Crippen LogP contribution in [0, 0.1) is 0 Å². The van der Waals surface area contributed by atoms with Crippen molar-refractivity contribution in [2.45, 2.75) is 0 Å². The first kappa shape index (κ1) is 12.8. The van der Waals surface area contributed by atoms with Gasteiger partial charge in [-0.1, -0.05) is 6.07 Å². The molecule has 0 fully saturated rings. The number of phenols is 1. The van der Waals surface area contributed by atoms with Crippen molar-refractivity contribution in [3.63, 3.8) is 0 Å². The summed E-state index contributed by atoms with van der Waals surface area (Å²) < 4.78 is 4.96. The number of methoxy groups -OCH3 is 1. The summed E-state index contributed by atoms with van der Waals surface area (Å²) >= 11 is 0. The number of rotatable bonds is 4. The molecule has 4 heteroatoms. The second-order valence-electron chi connectivity index (χ2n) is 3.84. The Bertz CT molecular complexity index is 606. The Morgan fingerprint density at radius 3 is 2.79 bits per heavy atom. The van der Waals surface area contributed by atoms with Crippen LogP contribution in [0.25, 0.3) is 6.08 Å². The minimum Gasteiger partial charge on any atom is -0.507 e. The molecule has 0 radical (unpaired) electrons. The van der Waals surface area contributed by atoms with Crippen LogP contribution in [0.15, 0.2) is 48.7 Å². The number of ketones is 1. The molecule has 96 valence electrons. The molecule has 0 bridgehead atoms. The summed E-state index contributed by atoms with van der Waals surface area (Å²) in [6.07, 6.45) is 4.63. The lowest BCUT2D eigenvalue weighted by Crippen LogP contribution is -1.95. The molecule has 0 atom stereocenters. The summed E-state index contributed by atoms with van der Waals surface area (Å²) in [5.74, 6) is 0.114. The molecular weight excluding hydrogens is 242 g/mol. The number of aromatic nitrogens is 1. The Morgan fingerprint density at radius 2 is 2.16 bits per heavy atom. The van der Waals surface area contributed by atoms with Crippen LogP contribution in [0.1, 0.15) is 16.1 Å². The molecule has 1 aromatic heterocycles. The van der Waals surface area contributed by atoms with Gasteiger partial charge in [-0.05, 0) is 36.4 Å². The fraction of sp³-hybridized carbons (Fsp3) is 0.0667. The number of aromatic hydroxyl groups is 1. The van der Waals surface area contributed by atoms with E-state index >= 15 is 0 Å².